The van der Waals surface area contributed by atoms with Gasteiger partial charge in [-0.1, -0.05) is 79.4 Å². The SMILES string of the molecule is C=CC(=O)NCCC(O)c1ccc(Nc2nc(-c3ccccc3)nc(-c3ccccc3)n2)cc1. The third-order valence-corrected chi connectivity index (χ3v) is 5.15. The van der Waals surface area contributed by atoms with Crippen molar-refractivity contribution in [3.8, 4) is 22.8 Å². The lowest BCUT2D eigenvalue weighted by molar-refractivity contribution is -0.116. The molecule has 1 heterocycles. The van der Waals surface area contributed by atoms with Crippen LogP contribution >= 0.6 is 0 Å². The van der Waals surface area contributed by atoms with Crippen molar-refractivity contribution in [3.05, 3.63) is 103 Å². The van der Waals surface area contributed by atoms with Crippen molar-refractivity contribution in [3.63, 3.8) is 0 Å². The van der Waals surface area contributed by atoms with E-state index in [9.17, 15) is 9.90 Å². The quantitative estimate of drug-likeness (QED) is 0.320. The number of carbonyl (C=O) groups excluding carboxylic acids is 1. The van der Waals surface area contributed by atoms with Crippen LogP contribution in [0.4, 0.5) is 11.6 Å². The van der Waals surface area contributed by atoms with E-state index in [1.807, 2.05) is 84.9 Å². The first kappa shape index (κ1) is 22.8. The zero-order valence-electron chi connectivity index (χ0n) is 18.6. The lowest BCUT2D eigenvalue weighted by Gasteiger charge is -2.13. The van der Waals surface area contributed by atoms with Crippen LogP contribution in [0.25, 0.3) is 22.8 Å². The van der Waals surface area contributed by atoms with Gasteiger partial charge < -0.3 is 15.7 Å². The number of benzene rings is 3. The standard InChI is InChI=1S/C27H25N5O2/c1-2-24(34)28-18-17-23(33)19-13-15-22(16-14-19)29-27-31-25(20-9-5-3-6-10-20)30-26(32-27)21-11-7-4-8-12-21/h2-16,23,33H,1,17-18H2,(H,28,34)(H,29,30,31,32). The number of aromatic nitrogens is 3. The molecule has 3 aromatic carbocycles. The van der Waals surface area contributed by atoms with Crippen LogP contribution < -0.4 is 10.6 Å². The molecule has 3 N–H and O–H groups in total. The van der Waals surface area contributed by atoms with Gasteiger partial charge in [0.15, 0.2) is 11.6 Å². The maximum Gasteiger partial charge on any atom is 0.243 e. The Morgan fingerprint density at radius 2 is 1.41 bits per heavy atom. The first-order chi connectivity index (χ1) is 16.6. The summed E-state index contributed by atoms with van der Waals surface area (Å²) in [5.41, 5.74) is 3.32. The molecule has 0 saturated heterocycles. The molecule has 1 atom stereocenters. The van der Waals surface area contributed by atoms with Crippen LogP contribution in [0.5, 0.6) is 0 Å². The van der Waals surface area contributed by atoms with Gasteiger partial charge in [0, 0.05) is 23.4 Å². The number of nitrogens with zero attached hydrogens (tertiary/aromatic N) is 3. The molecule has 4 aromatic rings. The van der Waals surface area contributed by atoms with Gasteiger partial charge in [-0.05, 0) is 30.2 Å². The molecule has 1 aromatic heterocycles. The van der Waals surface area contributed by atoms with Crippen molar-refractivity contribution >= 4 is 17.5 Å². The van der Waals surface area contributed by atoms with E-state index in [1.54, 1.807) is 0 Å². The van der Waals surface area contributed by atoms with E-state index >= 15 is 0 Å². The molecule has 0 spiro atoms. The molecule has 7 heteroatoms. The highest BCUT2D eigenvalue weighted by Gasteiger charge is 2.12. The fourth-order valence-corrected chi connectivity index (χ4v) is 3.35. The Hall–Kier alpha value is -4.36. The number of aliphatic hydroxyl groups is 1. The van der Waals surface area contributed by atoms with Crippen molar-refractivity contribution in [2.24, 2.45) is 0 Å². The maximum atomic E-state index is 11.2. The van der Waals surface area contributed by atoms with Crippen LogP contribution in [0, 0.1) is 0 Å². The Bertz CT molecular complexity index is 1190. The fraction of sp³-hybridized carbons (Fsp3) is 0.111. The number of anilines is 2. The van der Waals surface area contributed by atoms with E-state index in [4.69, 9.17) is 0 Å². The van der Waals surface area contributed by atoms with E-state index in [2.05, 4.69) is 32.2 Å². The summed E-state index contributed by atoms with van der Waals surface area (Å²) in [5.74, 6) is 1.32. The number of hydrogen-bond acceptors (Lipinski definition) is 6. The molecule has 4 rings (SSSR count). The average Bonchev–Trinajstić information content (AvgIpc) is 2.89. The van der Waals surface area contributed by atoms with E-state index in [0.29, 0.717) is 30.6 Å². The summed E-state index contributed by atoms with van der Waals surface area (Å²) in [5, 5.41) is 16.3. The number of rotatable bonds is 9. The molecule has 0 aliphatic carbocycles. The average molecular weight is 452 g/mol. The number of amides is 1. The minimum Gasteiger partial charge on any atom is -0.388 e. The summed E-state index contributed by atoms with van der Waals surface area (Å²) < 4.78 is 0. The van der Waals surface area contributed by atoms with Crippen LogP contribution in [0.3, 0.4) is 0 Å². The topological polar surface area (TPSA) is 100 Å². The van der Waals surface area contributed by atoms with Gasteiger partial charge in [0.05, 0.1) is 6.10 Å². The van der Waals surface area contributed by atoms with Crippen LogP contribution in [-0.2, 0) is 4.79 Å². The van der Waals surface area contributed by atoms with Gasteiger partial charge in [-0.3, -0.25) is 4.79 Å². The molecule has 0 saturated carbocycles. The maximum absolute atomic E-state index is 11.2. The first-order valence-corrected chi connectivity index (χ1v) is 10.9. The number of nitrogens with one attached hydrogen (secondary N) is 2. The van der Waals surface area contributed by atoms with Crippen molar-refractivity contribution < 1.29 is 9.90 Å². The monoisotopic (exact) mass is 451 g/mol. The summed E-state index contributed by atoms with van der Waals surface area (Å²) in [7, 11) is 0. The zero-order chi connectivity index (χ0) is 23.8. The summed E-state index contributed by atoms with van der Waals surface area (Å²) in [6.45, 7) is 3.77. The number of hydrogen-bond donors (Lipinski definition) is 3. The van der Waals surface area contributed by atoms with Crippen molar-refractivity contribution in [2.45, 2.75) is 12.5 Å². The predicted octanol–water partition coefficient (Wildman–Crippen LogP) is 4.67. The minimum absolute atomic E-state index is 0.256. The predicted molar refractivity (Wildman–Crippen MR) is 133 cm³/mol. The van der Waals surface area contributed by atoms with Crippen LogP contribution in [0.1, 0.15) is 18.1 Å². The largest absolute Gasteiger partial charge is 0.388 e. The Morgan fingerprint density at radius 1 is 0.853 bits per heavy atom. The van der Waals surface area contributed by atoms with Crippen molar-refractivity contribution in [1.82, 2.24) is 20.3 Å². The molecule has 170 valence electrons. The Kier molecular flexibility index (Phi) is 7.37. The third-order valence-electron chi connectivity index (χ3n) is 5.15. The fourth-order valence-electron chi connectivity index (χ4n) is 3.35. The second-order valence-electron chi connectivity index (χ2n) is 7.58. The highest BCUT2D eigenvalue weighted by atomic mass is 16.3. The van der Waals surface area contributed by atoms with Crippen LogP contribution in [0.2, 0.25) is 0 Å². The normalized spacial score (nSPS) is 11.4. The highest BCUT2D eigenvalue weighted by Crippen LogP contribution is 2.24. The molecule has 0 fully saturated rings. The van der Waals surface area contributed by atoms with Gasteiger partial charge in [0.2, 0.25) is 11.9 Å². The Labute approximate surface area is 198 Å². The zero-order valence-corrected chi connectivity index (χ0v) is 18.6. The first-order valence-electron chi connectivity index (χ1n) is 10.9. The smallest absolute Gasteiger partial charge is 0.243 e. The number of carbonyl (C=O) groups is 1. The molecular formula is C27H25N5O2. The molecule has 1 unspecified atom stereocenters. The van der Waals surface area contributed by atoms with Gasteiger partial charge in [-0.25, -0.2) is 4.98 Å². The molecule has 0 aliphatic heterocycles. The summed E-state index contributed by atoms with van der Waals surface area (Å²) in [6.07, 6.45) is 0.923. The third kappa shape index (κ3) is 5.90. The van der Waals surface area contributed by atoms with Gasteiger partial charge in [-0.15, -0.1) is 0 Å². The Morgan fingerprint density at radius 3 is 1.94 bits per heavy atom. The molecule has 7 nitrogen and oxygen atoms in total. The Balaban J connectivity index is 1.54. The van der Waals surface area contributed by atoms with Gasteiger partial charge >= 0.3 is 0 Å². The molecule has 1 amide bonds. The summed E-state index contributed by atoms with van der Waals surface area (Å²) >= 11 is 0. The van der Waals surface area contributed by atoms with Gasteiger partial charge in [-0.2, -0.15) is 9.97 Å². The van der Waals surface area contributed by atoms with Crippen LogP contribution in [0.15, 0.2) is 97.6 Å². The summed E-state index contributed by atoms with van der Waals surface area (Å²) in [6, 6.07) is 26.9. The van der Waals surface area contributed by atoms with E-state index in [1.165, 1.54) is 6.08 Å². The summed E-state index contributed by atoms with van der Waals surface area (Å²) in [4.78, 5) is 25.1. The lowest BCUT2D eigenvalue weighted by Crippen LogP contribution is -2.23. The van der Waals surface area contributed by atoms with Gasteiger partial charge in [0.25, 0.3) is 0 Å². The minimum atomic E-state index is -0.689. The molecular weight excluding hydrogens is 426 g/mol. The molecule has 34 heavy (non-hydrogen) atoms. The van der Waals surface area contributed by atoms with Crippen molar-refractivity contribution in [2.75, 3.05) is 11.9 Å². The second-order valence-corrected chi connectivity index (χ2v) is 7.58. The van der Waals surface area contributed by atoms with E-state index in [0.717, 1.165) is 22.4 Å². The molecule has 0 bridgehead atoms. The van der Waals surface area contributed by atoms with E-state index < -0.39 is 6.10 Å². The molecule has 0 aliphatic rings. The number of aliphatic hydroxyl groups excluding tert-OH is 1. The van der Waals surface area contributed by atoms with Crippen LogP contribution in [-0.4, -0.2) is 32.5 Å². The highest BCUT2D eigenvalue weighted by molar-refractivity contribution is 5.86. The second kappa shape index (κ2) is 11.0. The van der Waals surface area contributed by atoms with Gasteiger partial charge in [0.1, 0.15) is 0 Å². The van der Waals surface area contributed by atoms with E-state index in [-0.39, 0.29) is 5.91 Å². The lowest BCUT2D eigenvalue weighted by atomic mass is 10.1. The van der Waals surface area contributed by atoms with Crippen molar-refractivity contribution in [1.29, 1.82) is 0 Å². The molecule has 0 radical (unpaired) electrons.